The summed E-state index contributed by atoms with van der Waals surface area (Å²) in [6.07, 6.45) is 2.58. The Balaban J connectivity index is 2.85. The van der Waals surface area contributed by atoms with Crippen LogP contribution in [-0.2, 0) is 4.79 Å². The molecule has 0 radical (unpaired) electrons. The van der Waals surface area contributed by atoms with Crippen molar-refractivity contribution in [2.24, 2.45) is 11.7 Å². The van der Waals surface area contributed by atoms with Crippen LogP contribution < -0.4 is 11.1 Å². The average molecular weight is 276 g/mol. The lowest BCUT2D eigenvalue weighted by Gasteiger charge is -2.24. The number of amides is 1. The lowest BCUT2D eigenvalue weighted by atomic mass is 9.93. The number of aryl methyl sites for hydroxylation is 1. The zero-order valence-corrected chi connectivity index (χ0v) is 13.1. The van der Waals surface area contributed by atoms with E-state index in [1.54, 1.807) is 0 Å². The molecule has 0 aliphatic carbocycles. The van der Waals surface area contributed by atoms with E-state index < -0.39 is 6.04 Å². The molecule has 0 saturated heterocycles. The van der Waals surface area contributed by atoms with Crippen LogP contribution in [0.15, 0.2) is 24.3 Å². The number of carbonyl (C=O) groups excluding carboxylic acids is 1. The topological polar surface area (TPSA) is 55.1 Å². The zero-order valence-electron chi connectivity index (χ0n) is 13.1. The monoisotopic (exact) mass is 276 g/mol. The minimum Gasteiger partial charge on any atom is -0.348 e. The smallest absolute Gasteiger partial charge is 0.237 e. The molecule has 2 unspecified atom stereocenters. The fraction of sp³-hybridized carbons (Fsp3) is 0.588. The molecule has 1 amide bonds. The molecule has 0 heterocycles. The lowest BCUT2D eigenvalue weighted by molar-refractivity contribution is -0.123. The van der Waals surface area contributed by atoms with Crippen LogP contribution in [0.4, 0.5) is 0 Å². The summed E-state index contributed by atoms with van der Waals surface area (Å²) in [5, 5.41) is 3.13. The molecule has 1 aromatic rings. The molecule has 3 nitrogen and oxygen atoms in total. The van der Waals surface area contributed by atoms with Crippen LogP contribution in [0.5, 0.6) is 0 Å². The van der Waals surface area contributed by atoms with Gasteiger partial charge in [0, 0.05) is 0 Å². The second-order valence-electron chi connectivity index (χ2n) is 5.94. The summed E-state index contributed by atoms with van der Waals surface area (Å²) in [7, 11) is 0. The average Bonchev–Trinajstić information content (AvgIpc) is 2.38. The minimum atomic E-state index is -0.404. The molecule has 3 heteroatoms. The van der Waals surface area contributed by atoms with Gasteiger partial charge in [-0.25, -0.2) is 0 Å². The third-order valence-corrected chi connectivity index (χ3v) is 3.52. The Labute approximate surface area is 122 Å². The number of carbonyl (C=O) groups is 1. The molecule has 1 rings (SSSR count). The van der Waals surface area contributed by atoms with Gasteiger partial charge < -0.3 is 11.1 Å². The molecule has 0 bridgehead atoms. The largest absolute Gasteiger partial charge is 0.348 e. The summed E-state index contributed by atoms with van der Waals surface area (Å²) < 4.78 is 0. The second-order valence-corrected chi connectivity index (χ2v) is 5.94. The Hall–Kier alpha value is -1.35. The highest BCUT2D eigenvalue weighted by Gasteiger charge is 2.20. The predicted molar refractivity (Wildman–Crippen MR) is 84.4 cm³/mol. The van der Waals surface area contributed by atoms with E-state index in [4.69, 9.17) is 5.73 Å². The van der Waals surface area contributed by atoms with Gasteiger partial charge in [0.25, 0.3) is 0 Å². The van der Waals surface area contributed by atoms with Crippen LogP contribution in [0.2, 0.25) is 0 Å². The highest BCUT2D eigenvalue weighted by Crippen LogP contribution is 2.24. The molecule has 0 aliphatic heterocycles. The summed E-state index contributed by atoms with van der Waals surface area (Å²) in [6.45, 7) is 8.47. The summed E-state index contributed by atoms with van der Waals surface area (Å²) >= 11 is 0. The Kier molecular flexibility index (Phi) is 6.73. The maximum atomic E-state index is 12.2. The van der Waals surface area contributed by atoms with Gasteiger partial charge in [0.15, 0.2) is 0 Å². The summed E-state index contributed by atoms with van der Waals surface area (Å²) in [4.78, 5) is 12.2. The number of nitrogens with one attached hydrogen (secondary N) is 1. The highest BCUT2D eigenvalue weighted by molar-refractivity contribution is 5.81. The molecule has 2 atom stereocenters. The fourth-order valence-electron chi connectivity index (χ4n) is 2.43. The van der Waals surface area contributed by atoms with E-state index in [1.165, 1.54) is 11.1 Å². The highest BCUT2D eigenvalue weighted by atomic mass is 16.2. The number of benzene rings is 1. The Morgan fingerprint density at radius 2 is 1.95 bits per heavy atom. The molecule has 112 valence electrons. The first-order valence-corrected chi connectivity index (χ1v) is 7.57. The molecule has 0 saturated carbocycles. The lowest BCUT2D eigenvalue weighted by Crippen LogP contribution is -2.42. The van der Waals surface area contributed by atoms with E-state index in [0.29, 0.717) is 5.92 Å². The predicted octanol–water partition coefficient (Wildman–Crippen LogP) is 3.33. The maximum absolute atomic E-state index is 12.2. The van der Waals surface area contributed by atoms with Crippen molar-refractivity contribution < 1.29 is 4.79 Å². The van der Waals surface area contributed by atoms with Gasteiger partial charge >= 0.3 is 0 Å². The van der Waals surface area contributed by atoms with E-state index in [2.05, 4.69) is 38.2 Å². The normalized spacial score (nSPS) is 14.1. The van der Waals surface area contributed by atoms with Crippen molar-refractivity contribution in [3.05, 3.63) is 35.4 Å². The molecule has 3 N–H and O–H groups in total. The molecule has 0 fully saturated rings. The van der Waals surface area contributed by atoms with Gasteiger partial charge in [0.2, 0.25) is 5.91 Å². The molecule has 0 aliphatic rings. The van der Waals surface area contributed by atoms with Crippen molar-refractivity contribution in [3.8, 4) is 0 Å². The molecule has 20 heavy (non-hydrogen) atoms. The van der Waals surface area contributed by atoms with Crippen molar-refractivity contribution in [1.82, 2.24) is 5.32 Å². The van der Waals surface area contributed by atoms with Gasteiger partial charge in [-0.05, 0) is 36.8 Å². The molecular weight excluding hydrogens is 248 g/mol. The molecular formula is C17H28N2O. The molecule has 0 spiro atoms. The van der Waals surface area contributed by atoms with Gasteiger partial charge in [-0.15, -0.1) is 0 Å². The Morgan fingerprint density at radius 1 is 1.30 bits per heavy atom. The van der Waals surface area contributed by atoms with Crippen molar-refractivity contribution in [1.29, 1.82) is 0 Å². The minimum absolute atomic E-state index is 0.0410. The third-order valence-electron chi connectivity index (χ3n) is 3.52. The Morgan fingerprint density at radius 3 is 2.50 bits per heavy atom. The van der Waals surface area contributed by atoms with E-state index >= 15 is 0 Å². The summed E-state index contributed by atoms with van der Waals surface area (Å²) in [5.41, 5.74) is 8.31. The van der Waals surface area contributed by atoms with Crippen molar-refractivity contribution in [2.75, 3.05) is 0 Å². The van der Waals surface area contributed by atoms with E-state index in [0.717, 1.165) is 19.3 Å². The number of hydrogen-bond donors (Lipinski definition) is 2. The van der Waals surface area contributed by atoms with Crippen LogP contribution in [0.3, 0.4) is 0 Å². The van der Waals surface area contributed by atoms with Gasteiger partial charge in [-0.3, -0.25) is 4.79 Å². The summed E-state index contributed by atoms with van der Waals surface area (Å²) in [6, 6.07) is 7.86. The number of hydrogen-bond acceptors (Lipinski definition) is 2. The van der Waals surface area contributed by atoms with E-state index in [9.17, 15) is 4.79 Å². The fourth-order valence-corrected chi connectivity index (χ4v) is 2.43. The Bertz CT molecular complexity index is 429. The maximum Gasteiger partial charge on any atom is 0.237 e. The van der Waals surface area contributed by atoms with E-state index in [1.807, 2.05) is 19.1 Å². The van der Waals surface area contributed by atoms with Crippen LogP contribution >= 0.6 is 0 Å². The standard InChI is InChI=1S/C17H28N2O/c1-5-8-15(18)17(20)19-16(11-12(2)3)14-10-7-6-9-13(14)4/h6-7,9-10,12,15-16H,5,8,11,18H2,1-4H3,(H,19,20). The van der Waals surface area contributed by atoms with Gasteiger partial charge in [-0.1, -0.05) is 51.5 Å². The third kappa shape index (κ3) is 4.97. The zero-order chi connectivity index (χ0) is 15.1. The van der Waals surface area contributed by atoms with Gasteiger partial charge in [0.1, 0.15) is 0 Å². The van der Waals surface area contributed by atoms with Crippen molar-refractivity contribution >= 4 is 5.91 Å². The number of rotatable bonds is 7. The first-order valence-electron chi connectivity index (χ1n) is 7.57. The number of nitrogens with two attached hydrogens (primary N) is 1. The quantitative estimate of drug-likeness (QED) is 0.802. The van der Waals surface area contributed by atoms with Crippen LogP contribution in [0, 0.1) is 12.8 Å². The van der Waals surface area contributed by atoms with E-state index in [-0.39, 0.29) is 11.9 Å². The van der Waals surface area contributed by atoms with Crippen LogP contribution in [0.25, 0.3) is 0 Å². The molecule has 0 aromatic heterocycles. The van der Waals surface area contributed by atoms with Gasteiger partial charge in [-0.2, -0.15) is 0 Å². The SMILES string of the molecule is CCCC(N)C(=O)NC(CC(C)C)c1ccccc1C. The first kappa shape index (κ1) is 16.7. The second kappa shape index (κ2) is 8.05. The summed E-state index contributed by atoms with van der Waals surface area (Å²) in [5.74, 6) is 0.475. The first-order chi connectivity index (χ1) is 9.45. The van der Waals surface area contributed by atoms with Crippen molar-refractivity contribution in [3.63, 3.8) is 0 Å². The van der Waals surface area contributed by atoms with Crippen LogP contribution in [0.1, 0.15) is 57.2 Å². The molecule has 1 aromatic carbocycles. The van der Waals surface area contributed by atoms with Crippen LogP contribution in [-0.4, -0.2) is 11.9 Å². The van der Waals surface area contributed by atoms with Gasteiger partial charge in [0.05, 0.1) is 12.1 Å². The van der Waals surface area contributed by atoms with Crippen molar-refractivity contribution in [2.45, 2.75) is 59.0 Å².